The van der Waals surface area contributed by atoms with Crippen molar-refractivity contribution < 1.29 is 8.42 Å². The van der Waals surface area contributed by atoms with E-state index in [-0.39, 0.29) is 5.41 Å². The molecule has 102 valence electrons. The molecule has 0 radical (unpaired) electrons. The molecule has 0 aromatic rings. The monoisotopic (exact) mass is 262 g/mol. The number of piperidine rings is 1. The zero-order chi connectivity index (χ0) is 12.9. The second-order valence-electron chi connectivity index (χ2n) is 5.51. The highest BCUT2D eigenvalue weighted by atomic mass is 32.2. The Kier molecular flexibility index (Phi) is 5.41. The van der Waals surface area contributed by atoms with E-state index in [1.807, 2.05) is 6.92 Å². The molecule has 0 amide bonds. The van der Waals surface area contributed by atoms with Crippen molar-refractivity contribution in [2.75, 3.05) is 37.7 Å². The average molecular weight is 262 g/mol. The van der Waals surface area contributed by atoms with Crippen LogP contribution >= 0.6 is 0 Å². The first-order chi connectivity index (χ1) is 7.91. The molecule has 17 heavy (non-hydrogen) atoms. The molecule has 0 aromatic carbocycles. The molecule has 0 unspecified atom stereocenters. The Morgan fingerprint density at radius 3 is 2.29 bits per heavy atom. The van der Waals surface area contributed by atoms with Crippen molar-refractivity contribution >= 4 is 9.84 Å². The van der Waals surface area contributed by atoms with Gasteiger partial charge in [-0.2, -0.15) is 0 Å². The highest BCUT2D eigenvalue weighted by Gasteiger charge is 2.28. The van der Waals surface area contributed by atoms with Crippen LogP contribution in [0, 0.1) is 5.41 Å². The largest absolute Gasteiger partial charge is 0.330 e. The minimum Gasteiger partial charge on any atom is -0.330 e. The van der Waals surface area contributed by atoms with E-state index in [1.54, 1.807) is 0 Å². The van der Waals surface area contributed by atoms with Gasteiger partial charge in [0.1, 0.15) is 0 Å². The SMILES string of the molecule is CCCS(=O)(=O)CCN1CCC(C)(CN)CC1. The predicted octanol–water partition coefficient (Wildman–Crippen LogP) is 0.872. The molecule has 0 atom stereocenters. The van der Waals surface area contributed by atoms with Gasteiger partial charge in [0.05, 0.1) is 5.75 Å². The summed E-state index contributed by atoms with van der Waals surface area (Å²) in [4.78, 5) is 2.25. The maximum Gasteiger partial charge on any atom is 0.151 e. The molecule has 1 aliphatic rings. The van der Waals surface area contributed by atoms with Gasteiger partial charge in [0.15, 0.2) is 9.84 Å². The van der Waals surface area contributed by atoms with Gasteiger partial charge < -0.3 is 10.6 Å². The Hall–Kier alpha value is -0.130. The first kappa shape index (κ1) is 14.9. The van der Waals surface area contributed by atoms with E-state index in [2.05, 4.69) is 11.8 Å². The number of likely N-dealkylation sites (tertiary alicyclic amines) is 1. The van der Waals surface area contributed by atoms with Crippen molar-refractivity contribution in [1.82, 2.24) is 4.90 Å². The van der Waals surface area contributed by atoms with Crippen molar-refractivity contribution in [1.29, 1.82) is 0 Å². The smallest absolute Gasteiger partial charge is 0.151 e. The molecule has 1 rings (SSSR count). The van der Waals surface area contributed by atoms with Gasteiger partial charge in [-0.1, -0.05) is 13.8 Å². The van der Waals surface area contributed by atoms with Gasteiger partial charge in [0, 0.05) is 12.3 Å². The molecular weight excluding hydrogens is 236 g/mol. The molecule has 0 bridgehead atoms. The van der Waals surface area contributed by atoms with Crippen LogP contribution in [0.3, 0.4) is 0 Å². The summed E-state index contributed by atoms with van der Waals surface area (Å²) in [7, 11) is -2.83. The van der Waals surface area contributed by atoms with Gasteiger partial charge >= 0.3 is 0 Å². The van der Waals surface area contributed by atoms with Gasteiger partial charge in [-0.3, -0.25) is 0 Å². The van der Waals surface area contributed by atoms with Gasteiger partial charge in [0.25, 0.3) is 0 Å². The second-order valence-corrected chi connectivity index (χ2v) is 7.81. The van der Waals surface area contributed by atoms with Gasteiger partial charge in [-0.25, -0.2) is 8.42 Å². The summed E-state index contributed by atoms with van der Waals surface area (Å²) >= 11 is 0. The number of hydrogen-bond donors (Lipinski definition) is 1. The van der Waals surface area contributed by atoms with Crippen molar-refractivity contribution in [2.24, 2.45) is 11.1 Å². The number of sulfone groups is 1. The summed E-state index contributed by atoms with van der Waals surface area (Å²) in [6, 6.07) is 0. The molecule has 0 saturated carbocycles. The van der Waals surface area contributed by atoms with Gasteiger partial charge in [0.2, 0.25) is 0 Å². The normalized spacial score (nSPS) is 21.6. The second kappa shape index (κ2) is 6.16. The van der Waals surface area contributed by atoms with Crippen molar-refractivity contribution in [3.8, 4) is 0 Å². The maximum atomic E-state index is 11.6. The fraction of sp³-hybridized carbons (Fsp3) is 1.00. The predicted molar refractivity (Wildman–Crippen MR) is 71.8 cm³/mol. The first-order valence-corrected chi connectivity index (χ1v) is 8.36. The van der Waals surface area contributed by atoms with Crippen LogP contribution in [-0.2, 0) is 9.84 Å². The van der Waals surface area contributed by atoms with Crippen LogP contribution in [0.5, 0.6) is 0 Å². The summed E-state index contributed by atoms with van der Waals surface area (Å²) in [5, 5.41) is 0. The van der Waals surface area contributed by atoms with E-state index in [1.165, 1.54) is 0 Å². The van der Waals surface area contributed by atoms with E-state index in [4.69, 9.17) is 5.73 Å². The minimum atomic E-state index is -2.83. The zero-order valence-electron chi connectivity index (χ0n) is 11.1. The third kappa shape index (κ3) is 4.94. The van der Waals surface area contributed by atoms with E-state index < -0.39 is 9.84 Å². The number of nitrogens with zero attached hydrogens (tertiary/aromatic N) is 1. The summed E-state index contributed by atoms with van der Waals surface area (Å²) in [6.07, 6.45) is 2.88. The average Bonchev–Trinajstić information content (AvgIpc) is 2.28. The lowest BCUT2D eigenvalue weighted by molar-refractivity contribution is 0.130. The Bertz CT molecular complexity index is 319. The van der Waals surface area contributed by atoms with Crippen LogP contribution in [-0.4, -0.2) is 51.0 Å². The molecule has 0 aliphatic carbocycles. The first-order valence-electron chi connectivity index (χ1n) is 6.54. The standard InChI is InChI=1S/C12H26N2O2S/c1-3-9-17(15,16)10-8-14-6-4-12(2,11-13)5-7-14/h3-11,13H2,1-2H3. The summed E-state index contributed by atoms with van der Waals surface area (Å²) < 4.78 is 23.2. The topological polar surface area (TPSA) is 63.4 Å². The Labute approximate surface area is 105 Å². The molecule has 0 spiro atoms. The van der Waals surface area contributed by atoms with Gasteiger partial charge in [-0.15, -0.1) is 0 Å². The number of nitrogens with two attached hydrogens (primary N) is 1. The molecular formula is C12H26N2O2S. The Morgan fingerprint density at radius 2 is 1.82 bits per heavy atom. The van der Waals surface area contributed by atoms with Crippen LogP contribution in [0.15, 0.2) is 0 Å². The van der Waals surface area contributed by atoms with Crippen LogP contribution in [0.4, 0.5) is 0 Å². The molecule has 1 heterocycles. The van der Waals surface area contributed by atoms with Crippen molar-refractivity contribution in [3.05, 3.63) is 0 Å². The van der Waals surface area contributed by atoms with Crippen LogP contribution in [0.25, 0.3) is 0 Å². The number of hydrogen-bond acceptors (Lipinski definition) is 4. The molecule has 1 saturated heterocycles. The van der Waals surface area contributed by atoms with Crippen LogP contribution in [0.1, 0.15) is 33.1 Å². The van der Waals surface area contributed by atoms with Crippen molar-refractivity contribution in [3.63, 3.8) is 0 Å². The minimum absolute atomic E-state index is 0.263. The quantitative estimate of drug-likeness (QED) is 0.771. The highest BCUT2D eigenvalue weighted by molar-refractivity contribution is 7.91. The Balaban J connectivity index is 2.32. The summed E-state index contributed by atoms with van der Waals surface area (Å²) in [6.45, 7) is 7.51. The fourth-order valence-corrected chi connectivity index (χ4v) is 3.56. The third-order valence-electron chi connectivity index (χ3n) is 3.79. The molecule has 1 fully saturated rings. The lowest BCUT2D eigenvalue weighted by Crippen LogP contribution is -2.43. The molecule has 2 N–H and O–H groups in total. The summed E-state index contributed by atoms with van der Waals surface area (Å²) in [5.74, 6) is 0.627. The van der Waals surface area contributed by atoms with Gasteiger partial charge in [-0.05, 0) is 44.3 Å². The van der Waals surface area contributed by atoms with E-state index in [9.17, 15) is 8.42 Å². The summed E-state index contributed by atoms with van der Waals surface area (Å²) in [5.41, 5.74) is 6.01. The van der Waals surface area contributed by atoms with Crippen molar-refractivity contribution in [2.45, 2.75) is 33.1 Å². The molecule has 4 nitrogen and oxygen atoms in total. The van der Waals surface area contributed by atoms with E-state index in [0.717, 1.165) is 32.5 Å². The molecule has 1 aliphatic heterocycles. The lowest BCUT2D eigenvalue weighted by Gasteiger charge is -2.38. The lowest BCUT2D eigenvalue weighted by atomic mass is 9.80. The van der Waals surface area contributed by atoms with E-state index in [0.29, 0.717) is 24.5 Å². The highest BCUT2D eigenvalue weighted by Crippen LogP contribution is 2.29. The number of rotatable bonds is 6. The molecule has 0 aromatic heterocycles. The third-order valence-corrected chi connectivity index (χ3v) is 5.62. The Morgan fingerprint density at radius 1 is 1.24 bits per heavy atom. The fourth-order valence-electron chi connectivity index (χ4n) is 2.20. The van der Waals surface area contributed by atoms with Crippen LogP contribution in [0.2, 0.25) is 0 Å². The van der Waals surface area contributed by atoms with E-state index >= 15 is 0 Å². The zero-order valence-corrected chi connectivity index (χ0v) is 11.9. The molecule has 5 heteroatoms. The van der Waals surface area contributed by atoms with Crippen LogP contribution < -0.4 is 5.73 Å². The maximum absolute atomic E-state index is 11.6.